The summed E-state index contributed by atoms with van der Waals surface area (Å²) in [5, 5.41) is 0. The lowest BCUT2D eigenvalue weighted by molar-refractivity contribution is -0.167. The summed E-state index contributed by atoms with van der Waals surface area (Å²) in [6, 6.07) is 0. The van der Waals surface area contributed by atoms with Crippen LogP contribution >= 0.6 is 0 Å². The van der Waals surface area contributed by atoms with Gasteiger partial charge < -0.3 is 14.4 Å². The van der Waals surface area contributed by atoms with E-state index in [1.54, 1.807) is 0 Å². The van der Waals surface area contributed by atoms with E-state index in [0.717, 1.165) is 26.1 Å². The molecule has 0 aromatic heterocycles. The van der Waals surface area contributed by atoms with Gasteiger partial charge in [0.1, 0.15) is 11.4 Å². The average molecular weight is 297 g/mol. The SMILES string of the molecule is CC(C)(C)OC(=O)C1CCOCC1CN1CCC(=O)CC1. The standard InChI is InChI=1S/C16H27NO4/c1-16(2,3)21-15(19)14-6-9-20-11-12(14)10-17-7-4-13(18)5-8-17/h12,14H,4-11H2,1-3H3. The van der Waals surface area contributed by atoms with E-state index in [9.17, 15) is 9.59 Å². The maximum absolute atomic E-state index is 12.4. The second-order valence-electron chi connectivity index (χ2n) is 7.10. The molecule has 0 radical (unpaired) electrons. The molecule has 21 heavy (non-hydrogen) atoms. The molecule has 120 valence electrons. The molecule has 2 saturated heterocycles. The highest BCUT2D eigenvalue weighted by molar-refractivity contribution is 5.79. The highest BCUT2D eigenvalue weighted by Crippen LogP contribution is 2.27. The number of Topliss-reactive ketones (excluding diaryl/α,β-unsaturated/α-hetero) is 1. The zero-order chi connectivity index (χ0) is 15.5. The number of esters is 1. The fraction of sp³-hybridized carbons (Fsp3) is 0.875. The Labute approximate surface area is 127 Å². The normalized spacial score (nSPS) is 28.4. The molecule has 0 N–H and O–H groups in total. The molecule has 0 spiro atoms. The highest BCUT2D eigenvalue weighted by atomic mass is 16.6. The number of carbonyl (C=O) groups is 2. The smallest absolute Gasteiger partial charge is 0.309 e. The van der Waals surface area contributed by atoms with Gasteiger partial charge in [0.05, 0.1) is 12.5 Å². The summed E-state index contributed by atoms with van der Waals surface area (Å²) >= 11 is 0. The Kier molecular flexibility index (Phi) is 5.38. The molecule has 0 aliphatic carbocycles. The zero-order valence-electron chi connectivity index (χ0n) is 13.4. The predicted octanol–water partition coefficient (Wildman–Crippen LogP) is 1.65. The Morgan fingerprint density at radius 1 is 1.33 bits per heavy atom. The minimum absolute atomic E-state index is 0.0874. The fourth-order valence-electron chi connectivity index (χ4n) is 2.98. The zero-order valence-corrected chi connectivity index (χ0v) is 13.4. The van der Waals surface area contributed by atoms with E-state index in [2.05, 4.69) is 4.90 Å². The first-order valence-corrected chi connectivity index (χ1v) is 7.90. The first-order valence-electron chi connectivity index (χ1n) is 7.90. The lowest BCUT2D eigenvalue weighted by atomic mass is 9.87. The molecule has 2 aliphatic rings. The van der Waals surface area contributed by atoms with Crippen LogP contribution in [-0.4, -0.2) is 55.1 Å². The van der Waals surface area contributed by atoms with Gasteiger partial charge in [-0.1, -0.05) is 0 Å². The van der Waals surface area contributed by atoms with E-state index < -0.39 is 5.60 Å². The van der Waals surface area contributed by atoms with E-state index in [1.807, 2.05) is 20.8 Å². The molecule has 0 saturated carbocycles. The molecule has 0 bridgehead atoms. The summed E-state index contributed by atoms with van der Waals surface area (Å²) < 4.78 is 11.1. The van der Waals surface area contributed by atoms with Crippen molar-refractivity contribution in [3.63, 3.8) is 0 Å². The predicted molar refractivity (Wildman–Crippen MR) is 78.9 cm³/mol. The van der Waals surface area contributed by atoms with Crippen LogP contribution in [0.1, 0.15) is 40.0 Å². The summed E-state index contributed by atoms with van der Waals surface area (Å²) in [5.41, 5.74) is -0.447. The fourth-order valence-corrected chi connectivity index (χ4v) is 2.98. The number of likely N-dealkylation sites (tertiary alicyclic amines) is 1. The second-order valence-corrected chi connectivity index (χ2v) is 7.10. The van der Waals surface area contributed by atoms with Crippen LogP contribution in [0.5, 0.6) is 0 Å². The van der Waals surface area contributed by atoms with Crippen molar-refractivity contribution in [1.82, 2.24) is 4.90 Å². The van der Waals surface area contributed by atoms with E-state index in [0.29, 0.717) is 31.8 Å². The number of piperidine rings is 1. The minimum atomic E-state index is -0.447. The van der Waals surface area contributed by atoms with Crippen molar-refractivity contribution in [2.24, 2.45) is 11.8 Å². The molecule has 0 aromatic carbocycles. The molecule has 5 nitrogen and oxygen atoms in total. The van der Waals surface area contributed by atoms with Gasteiger partial charge in [-0.25, -0.2) is 0 Å². The van der Waals surface area contributed by atoms with Crippen molar-refractivity contribution in [1.29, 1.82) is 0 Å². The van der Waals surface area contributed by atoms with Crippen molar-refractivity contribution < 1.29 is 19.1 Å². The minimum Gasteiger partial charge on any atom is -0.460 e. The van der Waals surface area contributed by atoms with Gasteiger partial charge in [-0.3, -0.25) is 9.59 Å². The second kappa shape index (κ2) is 6.88. The third-order valence-electron chi connectivity index (χ3n) is 4.09. The molecule has 2 aliphatic heterocycles. The van der Waals surface area contributed by atoms with Gasteiger partial charge in [0.25, 0.3) is 0 Å². The molecule has 2 heterocycles. The first kappa shape index (κ1) is 16.4. The maximum Gasteiger partial charge on any atom is 0.309 e. The molecule has 0 amide bonds. The van der Waals surface area contributed by atoms with Crippen LogP contribution in [0.3, 0.4) is 0 Å². The van der Waals surface area contributed by atoms with Gasteiger partial charge in [-0.05, 0) is 27.2 Å². The van der Waals surface area contributed by atoms with E-state index in [-0.39, 0.29) is 17.8 Å². The molecule has 5 heteroatoms. The van der Waals surface area contributed by atoms with Crippen molar-refractivity contribution in [2.75, 3.05) is 32.8 Å². The molecule has 2 atom stereocenters. The monoisotopic (exact) mass is 297 g/mol. The number of hydrogen-bond donors (Lipinski definition) is 0. The Morgan fingerprint density at radius 2 is 2.00 bits per heavy atom. The number of nitrogens with zero attached hydrogens (tertiary/aromatic N) is 1. The van der Waals surface area contributed by atoms with Crippen molar-refractivity contribution in [2.45, 2.75) is 45.6 Å². The molecule has 2 fully saturated rings. The van der Waals surface area contributed by atoms with Crippen LogP contribution in [-0.2, 0) is 19.1 Å². The molecule has 2 unspecified atom stereocenters. The van der Waals surface area contributed by atoms with Gasteiger partial charge in [-0.2, -0.15) is 0 Å². The largest absolute Gasteiger partial charge is 0.460 e. The Morgan fingerprint density at radius 3 is 2.62 bits per heavy atom. The summed E-state index contributed by atoms with van der Waals surface area (Å²) in [6.45, 7) is 9.34. The summed E-state index contributed by atoms with van der Waals surface area (Å²) in [7, 11) is 0. The van der Waals surface area contributed by atoms with E-state index >= 15 is 0 Å². The summed E-state index contributed by atoms with van der Waals surface area (Å²) in [4.78, 5) is 25.9. The van der Waals surface area contributed by atoms with Gasteiger partial charge in [-0.15, -0.1) is 0 Å². The molecule has 0 aromatic rings. The van der Waals surface area contributed by atoms with Gasteiger partial charge in [0.2, 0.25) is 0 Å². The Hall–Kier alpha value is -0.940. The highest BCUT2D eigenvalue weighted by Gasteiger charge is 2.36. The molecular weight excluding hydrogens is 270 g/mol. The number of hydrogen-bond acceptors (Lipinski definition) is 5. The van der Waals surface area contributed by atoms with Crippen LogP contribution in [0.15, 0.2) is 0 Å². The number of ketones is 1. The van der Waals surface area contributed by atoms with Crippen LogP contribution in [0, 0.1) is 11.8 Å². The third-order valence-corrected chi connectivity index (χ3v) is 4.09. The van der Waals surface area contributed by atoms with Gasteiger partial charge in [0, 0.05) is 45.0 Å². The maximum atomic E-state index is 12.4. The Balaban J connectivity index is 1.92. The van der Waals surface area contributed by atoms with E-state index in [1.165, 1.54) is 0 Å². The van der Waals surface area contributed by atoms with Crippen molar-refractivity contribution in [3.05, 3.63) is 0 Å². The third kappa shape index (κ3) is 5.08. The van der Waals surface area contributed by atoms with Crippen molar-refractivity contribution >= 4 is 11.8 Å². The average Bonchev–Trinajstić information content (AvgIpc) is 2.40. The molecular formula is C16H27NO4. The van der Waals surface area contributed by atoms with Crippen LogP contribution in [0.25, 0.3) is 0 Å². The van der Waals surface area contributed by atoms with E-state index in [4.69, 9.17) is 9.47 Å². The lowest BCUT2D eigenvalue weighted by Gasteiger charge is -2.36. The van der Waals surface area contributed by atoms with Crippen LogP contribution < -0.4 is 0 Å². The first-order chi connectivity index (χ1) is 9.85. The number of carbonyl (C=O) groups excluding carboxylic acids is 2. The van der Waals surface area contributed by atoms with Crippen LogP contribution in [0.2, 0.25) is 0 Å². The summed E-state index contributed by atoms with van der Waals surface area (Å²) in [5.74, 6) is 0.316. The lowest BCUT2D eigenvalue weighted by Crippen LogP contribution is -2.45. The topological polar surface area (TPSA) is 55.8 Å². The molecule has 2 rings (SSSR count). The number of ether oxygens (including phenoxy) is 2. The van der Waals surface area contributed by atoms with Gasteiger partial charge in [0.15, 0.2) is 0 Å². The van der Waals surface area contributed by atoms with Crippen LogP contribution in [0.4, 0.5) is 0 Å². The number of rotatable bonds is 3. The van der Waals surface area contributed by atoms with Crippen molar-refractivity contribution in [3.8, 4) is 0 Å². The Bertz CT molecular complexity index is 378. The van der Waals surface area contributed by atoms with Gasteiger partial charge >= 0.3 is 5.97 Å². The summed E-state index contributed by atoms with van der Waals surface area (Å²) in [6.07, 6.45) is 1.99. The quantitative estimate of drug-likeness (QED) is 0.741.